The highest BCUT2D eigenvalue weighted by Gasteiger charge is 2.11. The number of para-hydroxylation sites is 2. The maximum absolute atomic E-state index is 11.8. The summed E-state index contributed by atoms with van der Waals surface area (Å²) in [5, 5.41) is 3.20. The highest BCUT2D eigenvalue weighted by Crippen LogP contribution is 2.26. The Labute approximate surface area is 163 Å². The molecule has 1 N–H and O–H groups in total. The van der Waals surface area contributed by atoms with E-state index in [1.807, 2.05) is 19.1 Å². The van der Waals surface area contributed by atoms with Gasteiger partial charge in [-0.15, -0.1) is 0 Å². The average molecular weight is 392 g/mol. The Morgan fingerprint density at radius 1 is 0.963 bits per heavy atom. The number of carbonyl (C=O) groups is 2. The minimum absolute atomic E-state index is 0.259. The number of rotatable bonds is 10. The van der Waals surface area contributed by atoms with Crippen LogP contribution >= 0.6 is 11.6 Å². The van der Waals surface area contributed by atoms with Crippen molar-refractivity contribution in [2.45, 2.75) is 19.9 Å². The number of ether oxygens (including phenoxy) is 3. The van der Waals surface area contributed by atoms with Crippen molar-refractivity contribution in [1.29, 1.82) is 0 Å². The summed E-state index contributed by atoms with van der Waals surface area (Å²) in [5.41, 5.74) is 0.783. The molecule has 1 amide bonds. The first-order valence-electron chi connectivity index (χ1n) is 8.60. The summed E-state index contributed by atoms with van der Waals surface area (Å²) in [5.74, 6) is -0.0566. The maximum Gasteiger partial charge on any atom is 0.344 e. The molecule has 6 nitrogen and oxygen atoms in total. The Balaban J connectivity index is 1.72. The molecule has 0 bridgehead atoms. The molecular formula is C20H22ClNO5. The molecule has 0 fully saturated rings. The number of nitrogens with one attached hydrogen (secondary N) is 1. The molecule has 144 valence electrons. The fourth-order valence-corrected chi connectivity index (χ4v) is 2.31. The Kier molecular flexibility index (Phi) is 8.45. The van der Waals surface area contributed by atoms with Crippen molar-refractivity contribution in [1.82, 2.24) is 5.32 Å². The summed E-state index contributed by atoms with van der Waals surface area (Å²) >= 11 is 6.02. The van der Waals surface area contributed by atoms with E-state index in [1.54, 1.807) is 36.4 Å². The molecule has 0 spiro atoms. The number of carbonyl (C=O) groups excluding carboxylic acids is 2. The van der Waals surface area contributed by atoms with Crippen LogP contribution in [0.1, 0.15) is 18.9 Å². The van der Waals surface area contributed by atoms with Crippen LogP contribution in [-0.4, -0.2) is 31.7 Å². The van der Waals surface area contributed by atoms with Crippen LogP contribution in [-0.2, 0) is 20.9 Å². The molecule has 0 aliphatic heterocycles. The van der Waals surface area contributed by atoms with Crippen molar-refractivity contribution in [3.8, 4) is 11.5 Å². The molecule has 0 radical (unpaired) electrons. The Hall–Kier alpha value is -2.73. The standard InChI is InChI=1S/C20H22ClNO5/c1-2-11-25-17-9-5-6-10-18(17)26-14-20(24)27-13-19(23)22-12-15-7-3-4-8-16(15)21/h3-10H,2,11-14H2,1H3,(H,22,23). The predicted octanol–water partition coefficient (Wildman–Crippen LogP) is 3.37. The van der Waals surface area contributed by atoms with Gasteiger partial charge in [0.1, 0.15) is 0 Å². The largest absolute Gasteiger partial charge is 0.490 e. The third-order valence-corrected chi connectivity index (χ3v) is 3.82. The summed E-state index contributed by atoms with van der Waals surface area (Å²) in [7, 11) is 0. The second kappa shape index (κ2) is 11.1. The quantitative estimate of drug-likeness (QED) is 0.628. The van der Waals surface area contributed by atoms with Gasteiger partial charge in [0, 0.05) is 11.6 Å². The minimum Gasteiger partial charge on any atom is -0.490 e. The van der Waals surface area contributed by atoms with Gasteiger partial charge in [0.05, 0.1) is 6.61 Å². The van der Waals surface area contributed by atoms with Crippen LogP contribution in [0.5, 0.6) is 11.5 Å². The number of amides is 1. The molecule has 0 saturated carbocycles. The van der Waals surface area contributed by atoms with Crippen molar-refractivity contribution in [3.63, 3.8) is 0 Å². The van der Waals surface area contributed by atoms with Gasteiger partial charge in [-0.2, -0.15) is 0 Å². The number of hydrogen-bond acceptors (Lipinski definition) is 5. The van der Waals surface area contributed by atoms with Crippen LogP contribution in [0, 0.1) is 0 Å². The van der Waals surface area contributed by atoms with E-state index in [9.17, 15) is 9.59 Å². The highest BCUT2D eigenvalue weighted by atomic mass is 35.5. The predicted molar refractivity (Wildman–Crippen MR) is 102 cm³/mol. The zero-order chi connectivity index (χ0) is 19.5. The molecule has 2 aromatic rings. The zero-order valence-electron chi connectivity index (χ0n) is 15.1. The van der Waals surface area contributed by atoms with Crippen molar-refractivity contribution in [2.24, 2.45) is 0 Å². The summed E-state index contributed by atoms with van der Waals surface area (Å²) in [4.78, 5) is 23.6. The first-order chi connectivity index (χ1) is 13.1. The third kappa shape index (κ3) is 7.19. The van der Waals surface area contributed by atoms with E-state index in [1.165, 1.54) is 0 Å². The monoisotopic (exact) mass is 391 g/mol. The van der Waals surface area contributed by atoms with Gasteiger partial charge in [-0.3, -0.25) is 4.79 Å². The second-order valence-electron chi connectivity index (χ2n) is 5.61. The fraction of sp³-hybridized carbons (Fsp3) is 0.300. The van der Waals surface area contributed by atoms with Crippen LogP contribution in [0.3, 0.4) is 0 Å². The van der Waals surface area contributed by atoms with E-state index in [2.05, 4.69) is 5.32 Å². The molecule has 2 aromatic carbocycles. The highest BCUT2D eigenvalue weighted by molar-refractivity contribution is 6.31. The van der Waals surface area contributed by atoms with E-state index in [0.717, 1.165) is 12.0 Å². The molecule has 0 aromatic heterocycles. The van der Waals surface area contributed by atoms with Crippen molar-refractivity contribution in [2.75, 3.05) is 19.8 Å². The molecule has 0 heterocycles. The Bertz CT molecular complexity index is 766. The molecule has 0 aliphatic rings. The lowest BCUT2D eigenvalue weighted by Crippen LogP contribution is -2.29. The Morgan fingerprint density at radius 3 is 2.33 bits per heavy atom. The van der Waals surface area contributed by atoms with Gasteiger partial charge in [0.2, 0.25) is 0 Å². The first-order valence-corrected chi connectivity index (χ1v) is 8.98. The molecule has 7 heteroatoms. The second-order valence-corrected chi connectivity index (χ2v) is 6.02. The summed E-state index contributed by atoms with van der Waals surface area (Å²) in [6.07, 6.45) is 0.861. The molecule has 0 atom stereocenters. The maximum atomic E-state index is 11.8. The molecule has 0 aliphatic carbocycles. The van der Waals surface area contributed by atoms with Crippen LogP contribution in [0.2, 0.25) is 5.02 Å². The number of halogens is 1. The molecule has 0 unspecified atom stereocenters. The average Bonchev–Trinajstić information content (AvgIpc) is 2.69. The van der Waals surface area contributed by atoms with Crippen molar-refractivity contribution in [3.05, 3.63) is 59.1 Å². The van der Waals surface area contributed by atoms with E-state index < -0.39 is 11.9 Å². The van der Waals surface area contributed by atoms with Gasteiger partial charge in [-0.05, 0) is 30.2 Å². The Morgan fingerprint density at radius 2 is 1.63 bits per heavy atom. The van der Waals surface area contributed by atoms with Gasteiger partial charge in [-0.25, -0.2) is 4.79 Å². The summed E-state index contributed by atoms with van der Waals surface area (Å²) < 4.78 is 15.9. The van der Waals surface area contributed by atoms with Crippen LogP contribution in [0.4, 0.5) is 0 Å². The SMILES string of the molecule is CCCOc1ccccc1OCC(=O)OCC(=O)NCc1ccccc1Cl. The van der Waals surface area contributed by atoms with Gasteiger partial charge < -0.3 is 19.5 Å². The van der Waals surface area contributed by atoms with Crippen LogP contribution in [0.25, 0.3) is 0 Å². The van der Waals surface area contributed by atoms with Gasteiger partial charge in [-0.1, -0.05) is 48.9 Å². The van der Waals surface area contributed by atoms with Gasteiger partial charge in [0.25, 0.3) is 5.91 Å². The lowest BCUT2D eigenvalue weighted by atomic mass is 10.2. The van der Waals surface area contributed by atoms with E-state index in [-0.39, 0.29) is 19.8 Å². The fourth-order valence-electron chi connectivity index (χ4n) is 2.11. The lowest BCUT2D eigenvalue weighted by molar-refractivity contribution is -0.150. The zero-order valence-corrected chi connectivity index (χ0v) is 15.8. The van der Waals surface area contributed by atoms with Crippen molar-refractivity contribution < 1.29 is 23.8 Å². The molecular weight excluding hydrogens is 370 g/mol. The molecule has 2 rings (SSSR count). The minimum atomic E-state index is -0.645. The summed E-state index contributed by atoms with van der Waals surface area (Å²) in [6, 6.07) is 14.2. The summed E-state index contributed by atoms with van der Waals surface area (Å²) in [6.45, 7) is 2.10. The molecule has 27 heavy (non-hydrogen) atoms. The van der Waals surface area contributed by atoms with Crippen LogP contribution < -0.4 is 14.8 Å². The lowest BCUT2D eigenvalue weighted by Gasteiger charge is -2.12. The molecule has 0 saturated heterocycles. The van der Waals surface area contributed by atoms with Gasteiger partial charge in [0.15, 0.2) is 24.7 Å². The van der Waals surface area contributed by atoms with Crippen molar-refractivity contribution >= 4 is 23.5 Å². The first kappa shape index (κ1) is 20.6. The topological polar surface area (TPSA) is 73.9 Å². The smallest absolute Gasteiger partial charge is 0.344 e. The van der Waals surface area contributed by atoms with E-state index in [0.29, 0.717) is 23.1 Å². The van der Waals surface area contributed by atoms with E-state index >= 15 is 0 Å². The van der Waals surface area contributed by atoms with Gasteiger partial charge >= 0.3 is 5.97 Å². The van der Waals surface area contributed by atoms with E-state index in [4.69, 9.17) is 25.8 Å². The number of hydrogen-bond donors (Lipinski definition) is 1. The van der Waals surface area contributed by atoms with Crippen LogP contribution in [0.15, 0.2) is 48.5 Å². The third-order valence-electron chi connectivity index (χ3n) is 3.45. The normalized spacial score (nSPS) is 10.1. The number of esters is 1. The number of benzene rings is 2.